The number of aromatic amines is 1. The molecule has 0 radical (unpaired) electrons. The van der Waals surface area contributed by atoms with Gasteiger partial charge in [-0.1, -0.05) is 80.6 Å². The van der Waals surface area contributed by atoms with Gasteiger partial charge in [-0.15, -0.1) is 5.10 Å². The summed E-state index contributed by atoms with van der Waals surface area (Å²) in [6.07, 6.45) is 0.973. The molecular formula is C31H34N6O3. The average Bonchev–Trinajstić information content (AvgIpc) is 3.61. The molecule has 0 saturated carbocycles. The van der Waals surface area contributed by atoms with Gasteiger partial charge >= 0.3 is 5.69 Å². The number of benzene rings is 3. The lowest BCUT2D eigenvalue weighted by Crippen LogP contribution is -2.25. The Balaban J connectivity index is 1.57. The zero-order chi connectivity index (χ0) is 28.1. The number of ether oxygens (including phenoxy) is 2. The number of nitrogens with one attached hydrogen (secondary N) is 1. The molecule has 5 rings (SSSR count). The number of para-hydroxylation sites is 1. The molecule has 1 N–H and O–H groups in total. The van der Waals surface area contributed by atoms with E-state index in [9.17, 15) is 4.79 Å². The Bertz CT molecular complexity index is 1580. The van der Waals surface area contributed by atoms with Crippen molar-refractivity contribution in [2.75, 3.05) is 14.2 Å². The lowest BCUT2D eigenvalue weighted by Gasteiger charge is -2.18. The Kier molecular flexibility index (Phi) is 8.33. The fourth-order valence-corrected chi connectivity index (χ4v) is 5.03. The molecule has 0 aliphatic carbocycles. The minimum Gasteiger partial charge on any atom is -0.350 e. The molecule has 206 valence electrons. The number of nitrogens with zero attached hydrogens (tertiary/aromatic N) is 5. The first-order valence-electron chi connectivity index (χ1n) is 13.4. The first-order chi connectivity index (χ1) is 19.5. The van der Waals surface area contributed by atoms with E-state index in [1.165, 1.54) is 0 Å². The van der Waals surface area contributed by atoms with Crippen LogP contribution in [0.1, 0.15) is 43.5 Å². The van der Waals surface area contributed by atoms with E-state index < -0.39 is 6.29 Å². The number of H-pyrrole nitrogens is 1. The number of aromatic nitrogens is 6. The van der Waals surface area contributed by atoms with Gasteiger partial charge in [0, 0.05) is 25.5 Å². The first-order valence-corrected chi connectivity index (χ1v) is 13.4. The number of hydrogen-bond acceptors (Lipinski definition) is 6. The van der Waals surface area contributed by atoms with Gasteiger partial charge < -0.3 is 9.47 Å². The van der Waals surface area contributed by atoms with E-state index in [2.05, 4.69) is 58.7 Å². The predicted octanol–water partition coefficient (Wildman–Crippen LogP) is 5.41. The molecule has 0 aliphatic rings. The van der Waals surface area contributed by atoms with Crippen LogP contribution in [0.3, 0.4) is 0 Å². The maximum Gasteiger partial charge on any atom is 0.333 e. The van der Waals surface area contributed by atoms with E-state index in [4.69, 9.17) is 9.47 Å². The Morgan fingerprint density at radius 1 is 0.875 bits per heavy atom. The van der Waals surface area contributed by atoms with Crippen LogP contribution in [0.2, 0.25) is 0 Å². The van der Waals surface area contributed by atoms with E-state index in [0.29, 0.717) is 18.3 Å². The third kappa shape index (κ3) is 5.52. The molecule has 0 aliphatic heterocycles. The number of hydrogen-bond donors (Lipinski definition) is 1. The maximum absolute atomic E-state index is 14.1. The van der Waals surface area contributed by atoms with Crippen LogP contribution in [0.15, 0.2) is 83.7 Å². The molecular weight excluding hydrogens is 504 g/mol. The van der Waals surface area contributed by atoms with E-state index in [0.717, 1.165) is 52.2 Å². The number of methoxy groups -OCH3 is 2. The van der Waals surface area contributed by atoms with Crippen LogP contribution >= 0.6 is 0 Å². The highest BCUT2D eigenvalue weighted by Gasteiger charge is 2.27. The molecule has 9 nitrogen and oxygen atoms in total. The summed E-state index contributed by atoms with van der Waals surface area (Å²) in [6, 6.07) is 25.9. The fraction of sp³-hybridized carbons (Fsp3) is 0.290. The van der Waals surface area contributed by atoms with Gasteiger partial charge in [-0.05, 0) is 58.0 Å². The van der Waals surface area contributed by atoms with Crippen molar-refractivity contribution in [3.63, 3.8) is 0 Å². The standard InChI is InChI=1S/C31H34N6O3/c1-21(2)14-19-27-28(30(39-3)40-4)37(24-10-6-5-7-11-24)31(38)36(27)20-22-15-17-23(18-16-22)25-12-8-9-13-26(25)29-32-34-35-33-29/h5-13,15-18,21,30H,14,19-20H2,1-4H3,(H,32,33,34,35). The molecule has 0 atom stereocenters. The molecule has 2 aromatic heterocycles. The van der Waals surface area contributed by atoms with Crippen molar-refractivity contribution in [3.05, 3.63) is 106 Å². The molecule has 0 unspecified atom stereocenters. The second-order valence-corrected chi connectivity index (χ2v) is 10.1. The average molecular weight is 539 g/mol. The highest BCUT2D eigenvalue weighted by molar-refractivity contribution is 5.80. The molecule has 0 amide bonds. The van der Waals surface area contributed by atoms with E-state index in [1.807, 2.05) is 59.2 Å². The number of rotatable bonds is 11. The Morgan fingerprint density at radius 2 is 1.55 bits per heavy atom. The van der Waals surface area contributed by atoms with Gasteiger partial charge in [0.05, 0.1) is 12.2 Å². The molecule has 3 aromatic carbocycles. The molecule has 2 heterocycles. The molecule has 40 heavy (non-hydrogen) atoms. The van der Waals surface area contributed by atoms with Crippen molar-refractivity contribution >= 4 is 0 Å². The smallest absolute Gasteiger partial charge is 0.333 e. The third-order valence-electron chi connectivity index (χ3n) is 7.04. The maximum atomic E-state index is 14.1. The van der Waals surface area contributed by atoms with Crippen LogP contribution in [0, 0.1) is 5.92 Å². The van der Waals surface area contributed by atoms with Gasteiger partial charge in [-0.2, -0.15) is 0 Å². The van der Waals surface area contributed by atoms with Gasteiger partial charge in [0.1, 0.15) is 5.69 Å². The summed E-state index contributed by atoms with van der Waals surface area (Å²) in [6.45, 7) is 4.80. The van der Waals surface area contributed by atoms with Crippen molar-refractivity contribution < 1.29 is 9.47 Å². The van der Waals surface area contributed by atoms with Gasteiger partial charge in [0.25, 0.3) is 0 Å². The van der Waals surface area contributed by atoms with E-state index in [1.54, 1.807) is 18.8 Å². The van der Waals surface area contributed by atoms with Crippen LogP contribution in [-0.4, -0.2) is 44.0 Å². The zero-order valence-electron chi connectivity index (χ0n) is 23.2. The molecule has 9 heteroatoms. The normalized spacial score (nSPS) is 11.6. The van der Waals surface area contributed by atoms with E-state index >= 15 is 0 Å². The Morgan fingerprint density at radius 3 is 2.17 bits per heavy atom. The topological polar surface area (TPSA) is 99.8 Å². The summed E-state index contributed by atoms with van der Waals surface area (Å²) in [5, 5.41) is 14.4. The van der Waals surface area contributed by atoms with Crippen LogP contribution in [0.5, 0.6) is 0 Å². The van der Waals surface area contributed by atoms with E-state index in [-0.39, 0.29) is 5.69 Å². The van der Waals surface area contributed by atoms with Crippen LogP contribution in [0.25, 0.3) is 28.2 Å². The van der Waals surface area contributed by atoms with Crippen LogP contribution in [-0.2, 0) is 22.4 Å². The summed E-state index contributed by atoms with van der Waals surface area (Å²) in [7, 11) is 3.20. The Labute approximate surface area is 233 Å². The molecule has 0 saturated heterocycles. The van der Waals surface area contributed by atoms with Crippen LogP contribution in [0.4, 0.5) is 0 Å². The lowest BCUT2D eigenvalue weighted by atomic mass is 9.98. The van der Waals surface area contributed by atoms with Crippen molar-refractivity contribution in [3.8, 4) is 28.2 Å². The summed E-state index contributed by atoms with van der Waals surface area (Å²) in [5.74, 6) is 1.08. The molecule has 0 bridgehead atoms. The second-order valence-electron chi connectivity index (χ2n) is 10.1. The predicted molar refractivity (Wildman–Crippen MR) is 154 cm³/mol. The number of imidazole rings is 1. The quantitative estimate of drug-likeness (QED) is 0.226. The monoisotopic (exact) mass is 538 g/mol. The zero-order valence-corrected chi connectivity index (χ0v) is 23.2. The van der Waals surface area contributed by atoms with Crippen molar-refractivity contribution in [1.29, 1.82) is 0 Å². The first kappa shape index (κ1) is 27.2. The minimum atomic E-state index is -0.680. The summed E-state index contributed by atoms with van der Waals surface area (Å²) >= 11 is 0. The van der Waals surface area contributed by atoms with Gasteiger partial charge in [-0.25, -0.2) is 9.89 Å². The number of tetrazole rings is 1. The van der Waals surface area contributed by atoms with Crippen molar-refractivity contribution in [1.82, 2.24) is 29.8 Å². The summed E-state index contributed by atoms with van der Waals surface area (Å²) in [5.41, 5.74) is 6.29. The second kappa shape index (κ2) is 12.2. The largest absolute Gasteiger partial charge is 0.350 e. The molecule has 5 aromatic rings. The molecule has 0 spiro atoms. The van der Waals surface area contributed by atoms with Crippen molar-refractivity contribution in [2.24, 2.45) is 5.92 Å². The fourth-order valence-electron chi connectivity index (χ4n) is 5.03. The third-order valence-corrected chi connectivity index (χ3v) is 7.04. The SMILES string of the molecule is COC(OC)c1c(CCC(C)C)n(Cc2ccc(-c3ccccc3-c3nnn[nH]3)cc2)c(=O)n1-c1ccccc1. The van der Waals surface area contributed by atoms with Gasteiger partial charge in [-0.3, -0.25) is 9.13 Å². The van der Waals surface area contributed by atoms with Gasteiger partial charge in [0.15, 0.2) is 5.82 Å². The summed E-state index contributed by atoms with van der Waals surface area (Å²) < 4.78 is 15.0. The minimum absolute atomic E-state index is 0.119. The highest BCUT2D eigenvalue weighted by atomic mass is 16.7. The molecule has 0 fully saturated rings. The van der Waals surface area contributed by atoms with Crippen molar-refractivity contribution in [2.45, 2.75) is 39.5 Å². The van der Waals surface area contributed by atoms with Gasteiger partial charge in [0.2, 0.25) is 6.29 Å². The van der Waals surface area contributed by atoms with Crippen LogP contribution < -0.4 is 5.69 Å². The lowest BCUT2D eigenvalue weighted by molar-refractivity contribution is -0.110. The Hall–Kier alpha value is -4.34. The summed E-state index contributed by atoms with van der Waals surface area (Å²) in [4.78, 5) is 14.1. The highest BCUT2D eigenvalue weighted by Crippen LogP contribution is 2.31.